The lowest BCUT2D eigenvalue weighted by atomic mass is 10.1. The lowest BCUT2D eigenvalue weighted by Gasteiger charge is -2.41. The van der Waals surface area contributed by atoms with Crippen LogP contribution in [0.15, 0.2) is 24.5 Å². The summed E-state index contributed by atoms with van der Waals surface area (Å²) in [4.78, 5) is 33.8. The Bertz CT molecular complexity index is 1240. The van der Waals surface area contributed by atoms with Crippen molar-refractivity contribution in [3.63, 3.8) is 0 Å². The van der Waals surface area contributed by atoms with Crippen molar-refractivity contribution in [2.75, 3.05) is 42.5 Å². The Kier molecular flexibility index (Phi) is 4.90. The van der Waals surface area contributed by atoms with Crippen molar-refractivity contribution in [1.29, 1.82) is 0 Å². The van der Waals surface area contributed by atoms with Gasteiger partial charge in [0.05, 0.1) is 6.20 Å². The number of piperazine rings is 2. The highest BCUT2D eigenvalue weighted by molar-refractivity contribution is 5.89. The molecule has 1 saturated carbocycles. The Morgan fingerprint density at radius 2 is 1.86 bits per heavy atom. The Hall–Kier alpha value is -3.27. The molecule has 4 fully saturated rings. The molecule has 0 spiro atoms. The first-order chi connectivity index (χ1) is 17.1. The van der Waals surface area contributed by atoms with Gasteiger partial charge in [-0.05, 0) is 44.7 Å². The summed E-state index contributed by atoms with van der Waals surface area (Å²) in [7, 11) is 0. The molecular formula is C25H31N9O. The molecule has 2 bridgehead atoms. The van der Waals surface area contributed by atoms with Crippen molar-refractivity contribution in [2.24, 2.45) is 5.92 Å². The van der Waals surface area contributed by atoms with E-state index in [-0.39, 0.29) is 18.0 Å². The van der Waals surface area contributed by atoms with Gasteiger partial charge < -0.3 is 20.0 Å². The summed E-state index contributed by atoms with van der Waals surface area (Å²) < 4.78 is 0. The third-order valence-electron chi connectivity index (χ3n) is 7.95. The van der Waals surface area contributed by atoms with E-state index < -0.39 is 0 Å². The number of likely N-dealkylation sites (tertiary alicyclic amines) is 1. The highest BCUT2D eigenvalue weighted by Crippen LogP contribution is 2.37. The zero-order valence-electron chi connectivity index (χ0n) is 20.0. The normalized spacial score (nSPS) is 26.5. The largest absolute Gasteiger partial charge is 0.354 e. The van der Waals surface area contributed by atoms with E-state index in [1.807, 2.05) is 12.4 Å². The summed E-state index contributed by atoms with van der Waals surface area (Å²) in [6, 6.07) is 5.18. The van der Waals surface area contributed by atoms with Crippen LogP contribution in [-0.4, -0.2) is 86.8 Å². The fraction of sp³-hybridized carbons (Fsp3) is 0.560. The first-order valence-electron chi connectivity index (χ1n) is 12.9. The van der Waals surface area contributed by atoms with Crippen molar-refractivity contribution in [3.05, 3.63) is 24.5 Å². The van der Waals surface area contributed by atoms with Gasteiger partial charge in [0.15, 0.2) is 0 Å². The Morgan fingerprint density at radius 3 is 2.57 bits per heavy atom. The summed E-state index contributed by atoms with van der Waals surface area (Å²) in [6.45, 7) is 6.64. The Morgan fingerprint density at radius 1 is 1.03 bits per heavy atom. The molecule has 3 saturated heterocycles. The molecule has 3 aromatic heterocycles. The first-order valence-corrected chi connectivity index (χ1v) is 12.9. The van der Waals surface area contributed by atoms with Crippen molar-refractivity contribution < 1.29 is 4.79 Å². The third-order valence-corrected chi connectivity index (χ3v) is 7.95. The van der Waals surface area contributed by atoms with Crippen molar-refractivity contribution >= 4 is 28.7 Å². The lowest BCUT2D eigenvalue weighted by molar-refractivity contribution is -0.133. The van der Waals surface area contributed by atoms with Gasteiger partial charge in [0.2, 0.25) is 11.9 Å². The maximum Gasteiger partial charge on any atom is 0.226 e. The molecule has 0 radical (unpaired) electrons. The molecule has 10 heteroatoms. The van der Waals surface area contributed by atoms with E-state index in [1.165, 1.54) is 0 Å². The van der Waals surface area contributed by atoms with Gasteiger partial charge in [-0.15, -0.1) is 0 Å². The van der Waals surface area contributed by atoms with Crippen LogP contribution >= 0.6 is 0 Å². The summed E-state index contributed by atoms with van der Waals surface area (Å²) in [5.41, 5.74) is 3.37. The number of H-pyrrole nitrogens is 1. The van der Waals surface area contributed by atoms with Gasteiger partial charge in [-0.3, -0.25) is 9.89 Å². The number of carbonyl (C=O) groups is 1. The number of amides is 1. The zero-order valence-corrected chi connectivity index (χ0v) is 20.0. The number of nitrogens with zero attached hydrogens (tertiary/aromatic N) is 7. The molecule has 3 atom stereocenters. The van der Waals surface area contributed by atoms with E-state index in [0.29, 0.717) is 11.9 Å². The SMILES string of the molecule is CC1CN(c2ccc(-c3n[nH]c4cnc(N5C6CCC5CN(C(=O)C5CC5)C6)nc34)cn2)CCN1. The van der Waals surface area contributed by atoms with Crippen molar-refractivity contribution in [2.45, 2.75) is 50.7 Å². The number of hydrogen-bond donors (Lipinski definition) is 2. The van der Waals surface area contributed by atoms with E-state index in [4.69, 9.17) is 15.0 Å². The van der Waals surface area contributed by atoms with Crippen LogP contribution in [0.2, 0.25) is 0 Å². The highest BCUT2D eigenvalue weighted by Gasteiger charge is 2.45. The van der Waals surface area contributed by atoms with E-state index in [9.17, 15) is 4.79 Å². The van der Waals surface area contributed by atoms with Crippen LogP contribution in [0.5, 0.6) is 0 Å². The predicted molar refractivity (Wildman–Crippen MR) is 133 cm³/mol. The maximum absolute atomic E-state index is 12.7. The number of hydrogen-bond acceptors (Lipinski definition) is 8. The van der Waals surface area contributed by atoms with Crippen LogP contribution < -0.4 is 15.1 Å². The minimum Gasteiger partial charge on any atom is -0.354 e. The Balaban J connectivity index is 1.15. The molecule has 2 N–H and O–H groups in total. The van der Waals surface area contributed by atoms with E-state index >= 15 is 0 Å². The monoisotopic (exact) mass is 473 g/mol. The number of nitrogens with one attached hydrogen (secondary N) is 2. The molecule has 1 aliphatic carbocycles. The summed E-state index contributed by atoms with van der Waals surface area (Å²) in [5, 5.41) is 11.1. The van der Waals surface area contributed by atoms with Crippen LogP contribution in [0.25, 0.3) is 22.3 Å². The number of pyridine rings is 1. The lowest BCUT2D eigenvalue weighted by Crippen LogP contribution is -2.56. The molecule has 10 nitrogen and oxygen atoms in total. The van der Waals surface area contributed by atoms with Crippen molar-refractivity contribution in [3.8, 4) is 11.3 Å². The summed E-state index contributed by atoms with van der Waals surface area (Å²) in [5.74, 6) is 2.36. The Labute approximate surface area is 204 Å². The molecule has 3 unspecified atom stereocenters. The van der Waals surface area contributed by atoms with E-state index in [2.05, 4.69) is 49.3 Å². The molecule has 7 rings (SSSR count). The number of fused-ring (bicyclic) bond motifs is 3. The second kappa shape index (κ2) is 8.15. The molecule has 1 amide bonds. The minimum atomic E-state index is 0.275. The van der Waals surface area contributed by atoms with Crippen LogP contribution in [0.4, 0.5) is 11.8 Å². The van der Waals surface area contributed by atoms with Crippen LogP contribution in [0.3, 0.4) is 0 Å². The van der Waals surface area contributed by atoms with Gasteiger partial charge in [-0.2, -0.15) is 5.10 Å². The van der Waals surface area contributed by atoms with Gasteiger partial charge in [0.1, 0.15) is 22.5 Å². The second-order valence-electron chi connectivity index (χ2n) is 10.5. The van der Waals surface area contributed by atoms with Crippen molar-refractivity contribution in [1.82, 2.24) is 35.4 Å². The average molecular weight is 474 g/mol. The van der Waals surface area contributed by atoms with Crippen LogP contribution in [0.1, 0.15) is 32.6 Å². The van der Waals surface area contributed by atoms with Crippen LogP contribution in [-0.2, 0) is 4.79 Å². The maximum atomic E-state index is 12.7. The van der Waals surface area contributed by atoms with Gasteiger partial charge in [-0.25, -0.2) is 15.0 Å². The summed E-state index contributed by atoms with van der Waals surface area (Å²) >= 11 is 0. The minimum absolute atomic E-state index is 0.275. The predicted octanol–water partition coefficient (Wildman–Crippen LogP) is 1.80. The molecule has 0 aromatic carbocycles. The first kappa shape index (κ1) is 21.0. The number of aromatic nitrogens is 5. The third kappa shape index (κ3) is 3.71. The second-order valence-corrected chi connectivity index (χ2v) is 10.5. The standard InChI is InChI=1S/C25H31N9O/c1-15-12-32(9-8-26-15)21-7-4-17(10-27-21)22-23-20(30-31-22)11-28-25(29-23)34-18-5-6-19(34)14-33(13-18)24(35)16-2-3-16/h4,7,10-11,15-16,18-19,26H,2-3,5-6,8-9,12-14H2,1H3,(H,30,31). The molecule has 3 aromatic rings. The quantitative estimate of drug-likeness (QED) is 0.591. The smallest absolute Gasteiger partial charge is 0.226 e. The summed E-state index contributed by atoms with van der Waals surface area (Å²) in [6.07, 6.45) is 8.00. The number of carbonyl (C=O) groups excluding carboxylic acids is 1. The fourth-order valence-electron chi connectivity index (χ4n) is 5.98. The van der Waals surface area contributed by atoms with Crippen LogP contribution in [0, 0.1) is 5.92 Å². The number of aromatic amines is 1. The van der Waals surface area contributed by atoms with E-state index in [0.717, 1.165) is 92.5 Å². The fourth-order valence-corrected chi connectivity index (χ4v) is 5.98. The molecule has 6 heterocycles. The van der Waals surface area contributed by atoms with Gasteiger partial charge in [0, 0.05) is 68.5 Å². The highest BCUT2D eigenvalue weighted by atomic mass is 16.2. The van der Waals surface area contributed by atoms with Gasteiger partial charge in [0.25, 0.3) is 0 Å². The zero-order chi connectivity index (χ0) is 23.5. The topological polar surface area (TPSA) is 106 Å². The number of rotatable bonds is 4. The molecule has 3 aliphatic heterocycles. The van der Waals surface area contributed by atoms with E-state index in [1.54, 1.807) is 0 Å². The average Bonchev–Trinajstić information content (AvgIpc) is 3.60. The number of anilines is 2. The molecular weight excluding hydrogens is 442 g/mol. The van der Waals surface area contributed by atoms with Gasteiger partial charge >= 0.3 is 0 Å². The van der Waals surface area contributed by atoms with Gasteiger partial charge in [-0.1, -0.05) is 0 Å². The molecule has 35 heavy (non-hydrogen) atoms. The molecule has 4 aliphatic rings. The molecule has 182 valence electrons.